The molecule has 1 unspecified atom stereocenters. The average Bonchev–Trinajstić information content (AvgIpc) is 2.46. The lowest BCUT2D eigenvalue weighted by atomic mass is 10.0. The first kappa shape index (κ1) is 16.2. The van der Waals surface area contributed by atoms with Crippen LogP contribution in [-0.2, 0) is 4.84 Å². The van der Waals surface area contributed by atoms with Crippen LogP contribution in [-0.4, -0.2) is 44.5 Å². The molecule has 1 rings (SSSR count). The lowest BCUT2D eigenvalue weighted by Gasteiger charge is -2.20. The van der Waals surface area contributed by atoms with Crippen molar-refractivity contribution >= 4 is 5.71 Å². The van der Waals surface area contributed by atoms with E-state index in [9.17, 15) is 0 Å². The van der Waals surface area contributed by atoms with Gasteiger partial charge in [-0.1, -0.05) is 17.8 Å². The molecular weight excluding hydrogens is 252 g/mol. The summed E-state index contributed by atoms with van der Waals surface area (Å²) in [6.45, 7) is 6.20. The van der Waals surface area contributed by atoms with Crippen molar-refractivity contribution in [3.05, 3.63) is 42.5 Å². The Morgan fingerprint density at radius 1 is 1.35 bits per heavy atom. The summed E-state index contributed by atoms with van der Waals surface area (Å²) in [5.74, 6) is 0.834. The molecule has 0 N–H and O–H groups in total. The lowest BCUT2D eigenvalue weighted by molar-refractivity contribution is 0.173. The molecule has 110 valence electrons. The first-order valence-corrected chi connectivity index (χ1v) is 6.69. The summed E-state index contributed by atoms with van der Waals surface area (Å²) in [5.41, 5.74) is 1.97. The largest absolute Gasteiger partial charge is 0.497 e. The van der Waals surface area contributed by atoms with Crippen LogP contribution in [0.15, 0.2) is 42.1 Å². The Balaban J connectivity index is 2.90. The van der Waals surface area contributed by atoms with E-state index in [4.69, 9.17) is 9.57 Å². The third kappa shape index (κ3) is 5.05. The maximum Gasteiger partial charge on any atom is 0.135 e. The number of nitrogens with zero attached hydrogens (tertiary/aromatic N) is 2. The van der Waals surface area contributed by atoms with Crippen molar-refractivity contribution in [2.75, 3.05) is 27.8 Å². The second-order valence-corrected chi connectivity index (χ2v) is 4.87. The normalized spacial score (nSPS) is 13.2. The molecule has 4 nitrogen and oxygen atoms in total. The van der Waals surface area contributed by atoms with Crippen molar-refractivity contribution in [1.82, 2.24) is 4.90 Å². The van der Waals surface area contributed by atoms with Gasteiger partial charge in [-0.2, -0.15) is 0 Å². The summed E-state index contributed by atoms with van der Waals surface area (Å²) >= 11 is 0. The van der Waals surface area contributed by atoms with Gasteiger partial charge in [-0.15, -0.1) is 0 Å². The molecule has 1 aromatic rings. The van der Waals surface area contributed by atoms with E-state index >= 15 is 0 Å². The third-order valence-corrected chi connectivity index (χ3v) is 3.16. The van der Waals surface area contributed by atoms with E-state index in [1.165, 1.54) is 0 Å². The molecule has 0 fully saturated rings. The minimum atomic E-state index is 0.378. The fraction of sp³-hybridized carbons (Fsp3) is 0.438. The maximum atomic E-state index is 5.26. The highest BCUT2D eigenvalue weighted by atomic mass is 16.6. The molecule has 20 heavy (non-hydrogen) atoms. The molecule has 1 aromatic carbocycles. The molecule has 0 aromatic heterocycles. The van der Waals surface area contributed by atoms with Gasteiger partial charge in [-0.05, 0) is 50.8 Å². The molecule has 0 heterocycles. The Morgan fingerprint density at radius 2 is 2.00 bits per heavy atom. The topological polar surface area (TPSA) is 34.1 Å². The van der Waals surface area contributed by atoms with Gasteiger partial charge in [0.1, 0.15) is 12.4 Å². The average molecular weight is 276 g/mol. The zero-order valence-electron chi connectivity index (χ0n) is 12.8. The summed E-state index contributed by atoms with van der Waals surface area (Å²) in [7, 11) is 5.77. The summed E-state index contributed by atoms with van der Waals surface area (Å²) < 4.78 is 5.17. The van der Waals surface area contributed by atoms with Crippen LogP contribution in [0.25, 0.3) is 0 Å². The predicted octanol–water partition coefficient (Wildman–Crippen LogP) is 2.94. The number of hydrogen-bond donors (Lipinski definition) is 0. The van der Waals surface area contributed by atoms with Crippen molar-refractivity contribution in [1.29, 1.82) is 0 Å². The first-order valence-electron chi connectivity index (χ1n) is 6.69. The zero-order valence-corrected chi connectivity index (χ0v) is 12.8. The Bertz CT molecular complexity index is 438. The Hall–Kier alpha value is -1.81. The van der Waals surface area contributed by atoms with E-state index in [0.29, 0.717) is 12.6 Å². The minimum absolute atomic E-state index is 0.378. The van der Waals surface area contributed by atoms with Crippen LogP contribution < -0.4 is 4.74 Å². The SMILES string of the molecule is C=CCON=C(CC(C)N(C)C)c1ccc(OC)cc1. The second-order valence-electron chi connectivity index (χ2n) is 4.87. The van der Waals surface area contributed by atoms with Crippen LogP contribution in [0.5, 0.6) is 5.75 Å². The molecule has 0 aliphatic heterocycles. The van der Waals surface area contributed by atoms with Gasteiger partial charge in [-0.25, -0.2) is 0 Å². The summed E-state index contributed by atoms with van der Waals surface area (Å²) in [6.07, 6.45) is 2.50. The van der Waals surface area contributed by atoms with E-state index in [-0.39, 0.29) is 0 Å². The fourth-order valence-electron chi connectivity index (χ4n) is 1.62. The van der Waals surface area contributed by atoms with Gasteiger partial charge in [0.15, 0.2) is 0 Å². The molecule has 0 aliphatic rings. The Kier molecular flexibility index (Phi) is 6.81. The van der Waals surface area contributed by atoms with Crippen molar-refractivity contribution in [3.63, 3.8) is 0 Å². The van der Waals surface area contributed by atoms with E-state index in [1.54, 1.807) is 13.2 Å². The van der Waals surface area contributed by atoms with Gasteiger partial charge < -0.3 is 14.5 Å². The third-order valence-electron chi connectivity index (χ3n) is 3.16. The number of hydrogen-bond acceptors (Lipinski definition) is 4. The van der Waals surface area contributed by atoms with E-state index in [2.05, 4.69) is 37.7 Å². The van der Waals surface area contributed by atoms with Crippen LogP contribution in [0.2, 0.25) is 0 Å². The number of benzene rings is 1. The van der Waals surface area contributed by atoms with Crippen molar-refractivity contribution in [2.45, 2.75) is 19.4 Å². The highest BCUT2D eigenvalue weighted by Gasteiger charge is 2.12. The maximum absolute atomic E-state index is 5.26. The van der Waals surface area contributed by atoms with E-state index in [1.807, 2.05) is 24.3 Å². The minimum Gasteiger partial charge on any atom is -0.497 e. The highest BCUT2D eigenvalue weighted by Crippen LogP contribution is 2.15. The van der Waals surface area contributed by atoms with Gasteiger partial charge in [0.05, 0.1) is 12.8 Å². The summed E-state index contributed by atoms with van der Waals surface area (Å²) in [4.78, 5) is 7.42. The second kappa shape index (κ2) is 8.38. The molecule has 0 aliphatic carbocycles. The lowest BCUT2D eigenvalue weighted by Crippen LogP contribution is -2.27. The number of oxime groups is 1. The number of rotatable bonds is 8. The van der Waals surface area contributed by atoms with E-state index in [0.717, 1.165) is 23.4 Å². The molecular formula is C16H24N2O2. The number of methoxy groups -OCH3 is 1. The van der Waals surface area contributed by atoms with Gasteiger partial charge in [-0.3, -0.25) is 0 Å². The highest BCUT2D eigenvalue weighted by molar-refractivity contribution is 6.00. The van der Waals surface area contributed by atoms with Gasteiger partial charge in [0, 0.05) is 12.5 Å². The molecule has 0 spiro atoms. The van der Waals surface area contributed by atoms with Crippen LogP contribution in [0.4, 0.5) is 0 Å². The zero-order chi connectivity index (χ0) is 15.0. The molecule has 0 saturated heterocycles. The summed E-state index contributed by atoms with van der Waals surface area (Å²) in [6, 6.07) is 8.23. The quantitative estimate of drug-likeness (QED) is 0.317. The first-order chi connectivity index (χ1) is 9.58. The van der Waals surface area contributed by atoms with Crippen LogP contribution in [0.3, 0.4) is 0 Å². The van der Waals surface area contributed by atoms with Gasteiger partial charge in [0.25, 0.3) is 0 Å². The smallest absolute Gasteiger partial charge is 0.135 e. The molecule has 0 saturated carbocycles. The molecule has 0 amide bonds. The van der Waals surface area contributed by atoms with Gasteiger partial charge in [0.2, 0.25) is 0 Å². The van der Waals surface area contributed by atoms with Crippen molar-refractivity contribution in [2.24, 2.45) is 5.16 Å². The standard InChI is InChI=1S/C16H24N2O2/c1-6-11-20-17-16(12-13(2)18(3)4)14-7-9-15(19-5)10-8-14/h6-10,13H,1,11-12H2,2-5H3. The van der Waals surface area contributed by atoms with E-state index < -0.39 is 0 Å². The fourth-order valence-corrected chi connectivity index (χ4v) is 1.62. The number of ether oxygens (including phenoxy) is 1. The molecule has 4 heteroatoms. The van der Waals surface area contributed by atoms with Gasteiger partial charge >= 0.3 is 0 Å². The van der Waals surface area contributed by atoms with Crippen LogP contribution >= 0.6 is 0 Å². The van der Waals surface area contributed by atoms with Crippen LogP contribution in [0, 0.1) is 0 Å². The summed E-state index contributed by atoms with van der Waals surface area (Å²) in [5, 5.41) is 4.24. The molecule has 0 radical (unpaired) electrons. The van der Waals surface area contributed by atoms with Crippen molar-refractivity contribution in [3.8, 4) is 5.75 Å². The van der Waals surface area contributed by atoms with Crippen molar-refractivity contribution < 1.29 is 9.57 Å². The van der Waals surface area contributed by atoms with Crippen LogP contribution in [0.1, 0.15) is 18.9 Å². The molecule has 1 atom stereocenters. The Labute approximate surface area is 121 Å². The Morgan fingerprint density at radius 3 is 2.50 bits per heavy atom. The predicted molar refractivity (Wildman–Crippen MR) is 83.4 cm³/mol. The molecule has 0 bridgehead atoms. The monoisotopic (exact) mass is 276 g/mol.